The van der Waals surface area contributed by atoms with Gasteiger partial charge in [-0.15, -0.1) is 11.6 Å². The van der Waals surface area contributed by atoms with E-state index in [1.807, 2.05) is 0 Å². The molecule has 1 aliphatic carbocycles. The van der Waals surface area contributed by atoms with E-state index in [4.69, 9.17) is 11.6 Å². The standard InChI is InChI=1S/C10H19ClN2O/c1-10(5-3-2-4-6-10)13-9(14)12-8-7-11/h2-8H2,1H3,(H2,12,13,14). The zero-order valence-corrected chi connectivity index (χ0v) is 9.49. The first-order chi connectivity index (χ1) is 6.66. The minimum absolute atomic E-state index is 0.00531. The predicted molar refractivity (Wildman–Crippen MR) is 58.7 cm³/mol. The van der Waals surface area contributed by atoms with Gasteiger partial charge < -0.3 is 10.6 Å². The summed E-state index contributed by atoms with van der Waals surface area (Å²) in [5, 5.41) is 5.74. The first-order valence-corrected chi connectivity index (χ1v) is 5.82. The summed E-state index contributed by atoms with van der Waals surface area (Å²) in [6, 6.07) is -0.0879. The number of rotatable bonds is 3. The fourth-order valence-corrected chi connectivity index (χ4v) is 2.03. The maximum Gasteiger partial charge on any atom is 0.315 e. The van der Waals surface area contributed by atoms with Crippen LogP contribution >= 0.6 is 11.6 Å². The van der Waals surface area contributed by atoms with Gasteiger partial charge in [0.2, 0.25) is 0 Å². The zero-order valence-electron chi connectivity index (χ0n) is 8.74. The topological polar surface area (TPSA) is 41.1 Å². The summed E-state index contributed by atoms with van der Waals surface area (Å²) in [5.41, 5.74) is -0.00531. The molecule has 1 fully saturated rings. The van der Waals surface area contributed by atoms with Gasteiger partial charge in [0.05, 0.1) is 0 Å². The number of carbonyl (C=O) groups excluding carboxylic acids is 1. The van der Waals surface area contributed by atoms with E-state index in [9.17, 15) is 4.79 Å². The van der Waals surface area contributed by atoms with Crippen LogP contribution in [0.15, 0.2) is 0 Å². The van der Waals surface area contributed by atoms with Crippen molar-refractivity contribution in [1.29, 1.82) is 0 Å². The Kier molecular flexibility index (Phi) is 4.52. The fourth-order valence-electron chi connectivity index (χ4n) is 1.94. The van der Waals surface area contributed by atoms with Crippen molar-refractivity contribution in [1.82, 2.24) is 10.6 Å². The molecular formula is C10H19ClN2O. The van der Waals surface area contributed by atoms with E-state index < -0.39 is 0 Å². The van der Waals surface area contributed by atoms with Gasteiger partial charge in [-0.1, -0.05) is 19.3 Å². The normalized spacial score (nSPS) is 20.1. The van der Waals surface area contributed by atoms with E-state index in [-0.39, 0.29) is 11.6 Å². The molecule has 1 rings (SSSR count). The van der Waals surface area contributed by atoms with Crippen molar-refractivity contribution >= 4 is 17.6 Å². The second-order valence-electron chi connectivity index (χ2n) is 4.19. The van der Waals surface area contributed by atoms with E-state index in [2.05, 4.69) is 17.6 Å². The number of urea groups is 1. The molecule has 0 spiro atoms. The maximum absolute atomic E-state index is 11.4. The quantitative estimate of drug-likeness (QED) is 0.701. The van der Waals surface area contributed by atoms with E-state index in [1.165, 1.54) is 19.3 Å². The minimum atomic E-state index is -0.0879. The number of carbonyl (C=O) groups is 1. The van der Waals surface area contributed by atoms with Crippen LogP contribution in [0.4, 0.5) is 4.79 Å². The van der Waals surface area contributed by atoms with Crippen LogP contribution in [0.3, 0.4) is 0 Å². The minimum Gasteiger partial charge on any atom is -0.337 e. The summed E-state index contributed by atoms with van der Waals surface area (Å²) in [4.78, 5) is 11.4. The summed E-state index contributed by atoms with van der Waals surface area (Å²) >= 11 is 5.48. The zero-order chi connectivity index (χ0) is 10.4. The van der Waals surface area contributed by atoms with Crippen LogP contribution in [0.2, 0.25) is 0 Å². The number of nitrogens with one attached hydrogen (secondary N) is 2. The highest BCUT2D eigenvalue weighted by Crippen LogP contribution is 2.27. The average Bonchev–Trinajstić information content (AvgIpc) is 2.15. The van der Waals surface area contributed by atoms with E-state index in [0.717, 1.165) is 12.8 Å². The summed E-state index contributed by atoms with van der Waals surface area (Å²) < 4.78 is 0. The molecule has 82 valence electrons. The molecule has 1 aliphatic rings. The largest absolute Gasteiger partial charge is 0.337 e. The maximum atomic E-state index is 11.4. The molecule has 0 aromatic rings. The van der Waals surface area contributed by atoms with Crippen LogP contribution in [-0.2, 0) is 0 Å². The summed E-state index contributed by atoms with van der Waals surface area (Å²) in [6.07, 6.45) is 5.89. The van der Waals surface area contributed by atoms with Gasteiger partial charge in [0.15, 0.2) is 0 Å². The molecule has 0 unspecified atom stereocenters. The SMILES string of the molecule is CC1(NC(=O)NCCCl)CCCCC1. The van der Waals surface area contributed by atoms with Crippen molar-refractivity contribution in [3.8, 4) is 0 Å². The molecule has 0 heterocycles. The van der Waals surface area contributed by atoms with Crippen LogP contribution in [0.5, 0.6) is 0 Å². The van der Waals surface area contributed by atoms with Crippen LogP contribution in [0.1, 0.15) is 39.0 Å². The van der Waals surface area contributed by atoms with Gasteiger partial charge >= 0.3 is 6.03 Å². The lowest BCUT2D eigenvalue weighted by Crippen LogP contribution is -2.51. The third-order valence-corrected chi connectivity index (χ3v) is 2.94. The van der Waals surface area contributed by atoms with Gasteiger partial charge in [-0.2, -0.15) is 0 Å². The Morgan fingerprint density at radius 3 is 2.57 bits per heavy atom. The van der Waals surface area contributed by atoms with Crippen molar-refractivity contribution in [3.63, 3.8) is 0 Å². The van der Waals surface area contributed by atoms with Crippen LogP contribution in [0.25, 0.3) is 0 Å². The lowest BCUT2D eigenvalue weighted by Gasteiger charge is -2.34. The highest BCUT2D eigenvalue weighted by molar-refractivity contribution is 6.18. The first kappa shape index (κ1) is 11.6. The summed E-state index contributed by atoms with van der Waals surface area (Å²) in [7, 11) is 0. The van der Waals surface area contributed by atoms with Gasteiger partial charge in [0.25, 0.3) is 0 Å². The second kappa shape index (κ2) is 5.44. The average molecular weight is 219 g/mol. The monoisotopic (exact) mass is 218 g/mol. The third kappa shape index (κ3) is 3.74. The molecule has 0 bridgehead atoms. The third-order valence-electron chi connectivity index (χ3n) is 2.75. The van der Waals surface area contributed by atoms with Crippen molar-refractivity contribution in [2.24, 2.45) is 0 Å². The van der Waals surface area contributed by atoms with Gasteiger partial charge in [-0.05, 0) is 19.8 Å². The molecule has 2 amide bonds. The Morgan fingerprint density at radius 2 is 2.00 bits per heavy atom. The second-order valence-corrected chi connectivity index (χ2v) is 4.57. The molecule has 4 heteroatoms. The van der Waals surface area contributed by atoms with Crippen LogP contribution in [-0.4, -0.2) is 24.0 Å². The van der Waals surface area contributed by atoms with Gasteiger partial charge in [-0.25, -0.2) is 4.79 Å². The summed E-state index contributed by atoms with van der Waals surface area (Å²) in [5.74, 6) is 0.462. The van der Waals surface area contributed by atoms with E-state index in [0.29, 0.717) is 12.4 Å². The number of hydrogen-bond donors (Lipinski definition) is 2. The molecule has 0 aliphatic heterocycles. The van der Waals surface area contributed by atoms with Gasteiger partial charge in [0, 0.05) is 18.0 Å². The molecule has 14 heavy (non-hydrogen) atoms. The Hall–Kier alpha value is -0.440. The molecule has 0 radical (unpaired) electrons. The molecule has 2 N–H and O–H groups in total. The molecule has 0 saturated heterocycles. The van der Waals surface area contributed by atoms with Gasteiger partial charge in [0.1, 0.15) is 0 Å². The molecule has 1 saturated carbocycles. The number of amides is 2. The van der Waals surface area contributed by atoms with Crippen molar-refractivity contribution in [3.05, 3.63) is 0 Å². The Bertz CT molecular complexity index is 191. The van der Waals surface area contributed by atoms with Crippen LogP contribution < -0.4 is 10.6 Å². The Balaban J connectivity index is 2.29. The van der Waals surface area contributed by atoms with E-state index in [1.54, 1.807) is 0 Å². The van der Waals surface area contributed by atoms with E-state index >= 15 is 0 Å². The van der Waals surface area contributed by atoms with Crippen LogP contribution in [0, 0.1) is 0 Å². The fraction of sp³-hybridized carbons (Fsp3) is 0.900. The Labute approximate surface area is 90.6 Å². The number of alkyl halides is 1. The van der Waals surface area contributed by atoms with Crippen molar-refractivity contribution in [2.75, 3.05) is 12.4 Å². The highest BCUT2D eigenvalue weighted by Gasteiger charge is 2.27. The lowest BCUT2D eigenvalue weighted by molar-refractivity contribution is 0.211. The first-order valence-electron chi connectivity index (χ1n) is 5.28. The molecule has 0 atom stereocenters. The van der Waals surface area contributed by atoms with Crippen molar-refractivity contribution in [2.45, 2.75) is 44.6 Å². The molecule has 3 nitrogen and oxygen atoms in total. The summed E-state index contributed by atoms with van der Waals surface area (Å²) in [6.45, 7) is 2.65. The van der Waals surface area contributed by atoms with Crippen molar-refractivity contribution < 1.29 is 4.79 Å². The molecule has 0 aromatic heterocycles. The number of halogens is 1. The lowest BCUT2D eigenvalue weighted by atomic mass is 9.83. The highest BCUT2D eigenvalue weighted by atomic mass is 35.5. The molecular weight excluding hydrogens is 200 g/mol. The predicted octanol–water partition coefficient (Wildman–Crippen LogP) is 2.25. The van der Waals surface area contributed by atoms with Gasteiger partial charge in [-0.3, -0.25) is 0 Å². The number of hydrogen-bond acceptors (Lipinski definition) is 1. The Morgan fingerprint density at radius 1 is 1.36 bits per heavy atom. The smallest absolute Gasteiger partial charge is 0.315 e. The molecule has 0 aromatic carbocycles.